The largest absolute Gasteiger partial charge is 0.469 e. The zero-order chi connectivity index (χ0) is 14.5. The maximum atomic E-state index is 11.1. The van der Waals surface area contributed by atoms with Crippen LogP contribution in [0.15, 0.2) is 36.7 Å². The molecule has 0 aliphatic carbocycles. The highest BCUT2D eigenvalue weighted by atomic mass is 16.5. The molecule has 0 saturated carbocycles. The molecule has 106 valence electrons. The van der Waals surface area contributed by atoms with Gasteiger partial charge in [-0.25, -0.2) is 0 Å². The van der Waals surface area contributed by atoms with E-state index < -0.39 is 6.10 Å². The Morgan fingerprint density at radius 3 is 2.95 bits per heavy atom. The Bertz CT molecular complexity index is 590. The van der Waals surface area contributed by atoms with Gasteiger partial charge in [-0.05, 0) is 24.1 Å². The summed E-state index contributed by atoms with van der Waals surface area (Å²) >= 11 is 0. The van der Waals surface area contributed by atoms with Crippen molar-refractivity contribution in [1.29, 1.82) is 0 Å². The quantitative estimate of drug-likeness (QED) is 0.849. The van der Waals surface area contributed by atoms with Crippen LogP contribution < -0.4 is 0 Å². The molecule has 0 amide bonds. The van der Waals surface area contributed by atoms with Crippen LogP contribution in [0.4, 0.5) is 0 Å². The van der Waals surface area contributed by atoms with Crippen LogP contribution in [0.5, 0.6) is 0 Å². The van der Waals surface area contributed by atoms with Crippen molar-refractivity contribution in [3.05, 3.63) is 42.2 Å². The zero-order valence-electron chi connectivity index (χ0n) is 11.6. The maximum absolute atomic E-state index is 11.1. The van der Waals surface area contributed by atoms with E-state index in [4.69, 9.17) is 0 Å². The molecule has 0 radical (unpaired) electrons. The van der Waals surface area contributed by atoms with E-state index in [0.29, 0.717) is 13.0 Å². The van der Waals surface area contributed by atoms with Crippen molar-refractivity contribution in [3.63, 3.8) is 0 Å². The highest BCUT2D eigenvalue weighted by Crippen LogP contribution is 2.22. The number of methoxy groups -OCH3 is 1. The summed E-state index contributed by atoms with van der Waals surface area (Å²) in [6, 6.07) is 7.69. The Morgan fingerprint density at radius 1 is 1.45 bits per heavy atom. The topological polar surface area (TPSA) is 64.3 Å². The van der Waals surface area contributed by atoms with Crippen LogP contribution in [0.2, 0.25) is 0 Å². The Kier molecular flexibility index (Phi) is 4.53. The van der Waals surface area contributed by atoms with Crippen molar-refractivity contribution in [2.75, 3.05) is 7.11 Å². The Morgan fingerprint density at radius 2 is 2.25 bits per heavy atom. The van der Waals surface area contributed by atoms with Gasteiger partial charge in [0, 0.05) is 11.8 Å². The number of nitrogens with zero attached hydrogens (tertiary/aromatic N) is 2. The van der Waals surface area contributed by atoms with Crippen LogP contribution >= 0.6 is 0 Å². The van der Waals surface area contributed by atoms with Gasteiger partial charge in [-0.1, -0.05) is 18.2 Å². The van der Waals surface area contributed by atoms with Crippen molar-refractivity contribution < 1.29 is 14.6 Å². The number of aliphatic hydroxyl groups excluding tert-OH is 1. The molecular weight excluding hydrogens is 256 g/mol. The number of aryl methyl sites for hydroxylation is 1. The van der Waals surface area contributed by atoms with Gasteiger partial charge in [-0.15, -0.1) is 0 Å². The third-order valence-corrected chi connectivity index (χ3v) is 3.11. The van der Waals surface area contributed by atoms with E-state index in [9.17, 15) is 9.90 Å². The van der Waals surface area contributed by atoms with Crippen LogP contribution in [0.25, 0.3) is 11.1 Å². The summed E-state index contributed by atoms with van der Waals surface area (Å²) in [6.45, 7) is 2.22. The molecule has 20 heavy (non-hydrogen) atoms. The first kappa shape index (κ1) is 14.3. The fraction of sp³-hybridized carbons (Fsp3) is 0.333. The van der Waals surface area contributed by atoms with Crippen molar-refractivity contribution in [2.45, 2.75) is 26.0 Å². The van der Waals surface area contributed by atoms with Gasteiger partial charge in [-0.2, -0.15) is 5.10 Å². The lowest BCUT2D eigenvalue weighted by Crippen LogP contribution is -2.07. The molecule has 1 atom stereocenters. The minimum atomic E-state index is -0.496. The lowest BCUT2D eigenvalue weighted by atomic mass is 10.0. The molecule has 0 saturated heterocycles. The minimum Gasteiger partial charge on any atom is -0.469 e. The lowest BCUT2D eigenvalue weighted by molar-refractivity contribution is -0.140. The van der Waals surface area contributed by atoms with Crippen LogP contribution in [0.1, 0.15) is 25.0 Å². The smallest absolute Gasteiger partial charge is 0.307 e. The second-order valence-electron chi connectivity index (χ2n) is 4.62. The molecule has 0 bridgehead atoms. The molecule has 0 aliphatic rings. The SMILES string of the molecule is COC(=O)CCn1cc(-c2cccc([C@@H](C)O)c2)cn1. The first-order valence-corrected chi connectivity index (χ1v) is 6.48. The number of benzene rings is 1. The van der Waals surface area contributed by atoms with Crippen molar-refractivity contribution in [1.82, 2.24) is 9.78 Å². The molecule has 0 aliphatic heterocycles. The van der Waals surface area contributed by atoms with Crippen LogP contribution in [-0.2, 0) is 16.1 Å². The molecule has 0 fully saturated rings. The van der Waals surface area contributed by atoms with Gasteiger partial charge < -0.3 is 9.84 Å². The summed E-state index contributed by atoms with van der Waals surface area (Å²) in [5.41, 5.74) is 2.81. The molecule has 1 heterocycles. The predicted molar refractivity (Wildman–Crippen MR) is 74.9 cm³/mol. The van der Waals surface area contributed by atoms with Crippen LogP contribution in [0.3, 0.4) is 0 Å². The second kappa shape index (κ2) is 6.34. The fourth-order valence-corrected chi connectivity index (χ4v) is 1.92. The van der Waals surface area contributed by atoms with Crippen LogP contribution in [-0.4, -0.2) is 28.0 Å². The standard InChI is InChI=1S/C15H18N2O3/c1-11(18)12-4-3-5-13(8-12)14-9-16-17(10-14)7-6-15(19)20-2/h3-5,8-11,18H,6-7H2,1-2H3/t11-/m1/s1. The summed E-state index contributed by atoms with van der Waals surface area (Å²) in [4.78, 5) is 11.1. The highest BCUT2D eigenvalue weighted by molar-refractivity contribution is 5.69. The van der Waals surface area contributed by atoms with Gasteiger partial charge in [0.15, 0.2) is 0 Å². The molecule has 2 aromatic rings. The number of hydrogen-bond acceptors (Lipinski definition) is 4. The summed E-state index contributed by atoms with van der Waals surface area (Å²) < 4.78 is 6.31. The van der Waals surface area contributed by atoms with E-state index in [1.54, 1.807) is 17.8 Å². The second-order valence-corrected chi connectivity index (χ2v) is 4.62. The number of esters is 1. The Balaban J connectivity index is 2.12. The van der Waals surface area contributed by atoms with Gasteiger partial charge in [0.2, 0.25) is 0 Å². The number of aromatic nitrogens is 2. The van der Waals surface area contributed by atoms with Gasteiger partial charge in [-0.3, -0.25) is 9.48 Å². The van der Waals surface area contributed by atoms with Crippen LogP contribution in [0, 0.1) is 0 Å². The first-order valence-electron chi connectivity index (χ1n) is 6.48. The summed E-state index contributed by atoms with van der Waals surface area (Å²) in [6.07, 6.45) is 3.43. The van der Waals surface area contributed by atoms with Crippen molar-refractivity contribution >= 4 is 5.97 Å². The highest BCUT2D eigenvalue weighted by Gasteiger charge is 2.07. The Labute approximate surface area is 117 Å². The monoisotopic (exact) mass is 274 g/mol. The molecule has 2 rings (SSSR count). The molecule has 0 unspecified atom stereocenters. The lowest BCUT2D eigenvalue weighted by Gasteiger charge is -2.06. The molecule has 1 N–H and O–H groups in total. The average Bonchev–Trinajstić information content (AvgIpc) is 2.93. The molecular formula is C15H18N2O3. The van der Waals surface area contributed by atoms with Crippen molar-refractivity contribution in [2.24, 2.45) is 0 Å². The number of ether oxygens (including phenoxy) is 1. The molecule has 1 aromatic carbocycles. The minimum absolute atomic E-state index is 0.252. The number of rotatable bonds is 5. The number of hydrogen-bond donors (Lipinski definition) is 1. The van der Waals surface area contributed by atoms with E-state index >= 15 is 0 Å². The van der Waals surface area contributed by atoms with E-state index in [2.05, 4.69) is 9.84 Å². The summed E-state index contributed by atoms with van der Waals surface area (Å²) in [7, 11) is 1.37. The predicted octanol–water partition coefficient (Wildman–Crippen LogP) is 2.17. The van der Waals surface area contributed by atoms with E-state index in [0.717, 1.165) is 16.7 Å². The third-order valence-electron chi connectivity index (χ3n) is 3.11. The van der Waals surface area contributed by atoms with Gasteiger partial charge in [0.1, 0.15) is 0 Å². The normalized spacial score (nSPS) is 12.2. The van der Waals surface area contributed by atoms with Gasteiger partial charge in [0.05, 0.1) is 32.4 Å². The van der Waals surface area contributed by atoms with E-state index in [-0.39, 0.29) is 5.97 Å². The number of carbonyl (C=O) groups is 1. The zero-order valence-corrected chi connectivity index (χ0v) is 11.6. The first-order chi connectivity index (χ1) is 9.60. The average molecular weight is 274 g/mol. The van der Waals surface area contributed by atoms with Gasteiger partial charge >= 0.3 is 5.97 Å². The summed E-state index contributed by atoms with van der Waals surface area (Å²) in [5, 5.41) is 13.8. The molecule has 5 nitrogen and oxygen atoms in total. The summed E-state index contributed by atoms with van der Waals surface area (Å²) in [5.74, 6) is -0.252. The number of aliphatic hydroxyl groups is 1. The van der Waals surface area contributed by atoms with E-state index in [1.807, 2.05) is 30.5 Å². The van der Waals surface area contributed by atoms with Crippen molar-refractivity contribution in [3.8, 4) is 11.1 Å². The van der Waals surface area contributed by atoms with E-state index in [1.165, 1.54) is 7.11 Å². The Hall–Kier alpha value is -2.14. The fourth-order valence-electron chi connectivity index (χ4n) is 1.92. The third kappa shape index (κ3) is 3.45. The van der Waals surface area contributed by atoms with Gasteiger partial charge in [0.25, 0.3) is 0 Å². The molecule has 5 heteroatoms. The number of carbonyl (C=O) groups excluding carboxylic acids is 1. The molecule has 0 spiro atoms. The molecule has 1 aromatic heterocycles. The maximum Gasteiger partial charge on any atom is 0.307 e.